The molecular formula is C27H36ClN3O2. The minimum atomic E-state index is -0.635. The molecule has 0 bridgehead atoms. The number of benzene rings is 2. The van der Waals surface area contributed by atoms with Crippen LogP contribution >= 0.6 is 11.6 Å². The van der Waals surface area contributed by atoms with E-state index in [4.69, 9.17) is 11.6 Å². The molecule has 1 heterocycles. The zero-order valence-electron chi connectivity index (χ0n) is 19.8. The molecule has 1 aliphatic carbocycles. The molecule has 33 heavy (non-hydrogen) atoms. The first kappa shape index (κ1) is 24.1. The van der Waals surface area contributed by atoms with Crippen molar-refractivity contribution in [1.82, 2.24) is 4.90 Å². The molecule has 178 valence electrons. The van der Waals surface area contributed by atoms with Crippen LogP contribution in [0.5, 0.6) is 0 Å². The van der Waals surface area contributed by atoms with Gasteiger partial charge in [-0.1, -0.05) is 36.6 Å². The highest BCUT2D eigenvalue weighted by molar-refractivity contribution is 6.30. The van der Waals surface area contributed by atoms with Gasteiger partial charge in [-0.05, 0) is 75.1 Å². The number of carbonyl (C=O) groups is 1. The van der Waals surface area contributed by atoms with Crippen LogP contribution in [0.1, 0.15) is 57.6 Å². The Morgan fingerprint density at radius 2 is 1.79 bits per heavy atom. The van der Waals surface area contributed by atoms with Crippen molar-refractivity contribution in [3.05, 3.63) is 59.1 Å². The summed E-state index contributed by atoms with van der Waals surface area (Å²) < 4.78 is 0. The lowest BCUT2D eigenvalue weighted by Crippen LogP contribution is -2.56. The number of rotatable bonds is 7. The quantitative estimate of drug-likeness (QED) is 0.562. The van der Waals surface area contributed by atoms with Gasteiger partial charge in [-0.2, -0.15) is 0 Å². The molecule has 2 aromatic rings. The van der Waals surface area contributed by atoms with Crippen molar-refractivity contribution in [2.75, 3.05) is 36.4 Å². The molecule has 2 aromatic carbocycles. The van der Waals surface area contributed by atoms with E-state index in [-0.39, 0.29) is 17.9 Å². The Labute approximate surface area is 202 Å². The average Bonchev–Trinajstić information content (AvgIpc) is 2.82. The summed E-state index contributed by atoms with van der Waals surface area (Å²) >= 11 is 5.97. The van der Waals surface area contributed by atoms with Gasteiger partial charge in [0.1, 0.15) is 0 Å². The van der Waals surface area contributed by atoms with E-state index in [1.807, 2.05) is 12.1 Å². The van der Waals surface area contributed by atoms with Crippen LogP contribution in [0.15, 0.2) is 48.5 Å². The third kappa shape index (κ3) is 5.37. The lowest BCUT2D eigenvalue weighted by molar-refractivity contribution is -0.135. The number of fused-ring (bicyclic) bond motifs is 1. The maximum Gasteiger partial charge on any atom is 0.238 e. The van der Waals surface area contributed by atoms with E-state index >= 15 is 0 Å². The first-order valence-corrected chi connectivity index (χ1v) is 12.7. The number of anilines is 2. The second kappa shape index (κ2) is 10.5. The van der Waals surface area contributed by atoms with Gasteiger partial charge in [0.15, 0.2) is 0 Å². The van der Waals surface area contributed by atoms with Crippen LogP contribution in [-0.2, 0) is 4.79 Å². The van der Waals surface area contributed by atoms with E-state index in [2.05, 4.69) is 53.2 Å². The molecule has 1 saturated heterocycles. The van der Waals surface area contributed by atoms with Crippen LogP contribution in [0.4, 0.5) is 11.4 Å². The lowest BCUT2D eigenvalue weighted by atomic mass is 9.66. The summed E-state index contributed by atoms with van der Waals surface area (Å²) in [6.45, 7) is 7.29. The second-order valence-electron chi connectivity index (χ2n) is 9.44. The summed E-state index contributed by atoms with van der Waals surface area (Å²) in [4.78, 5) is 17.5. The van der Waals surface area contributed by atoms with Crippen LogP contribution in [0.2, 0.25) is 5.02 Å². The summed E-state index contributed by atoms with van der Waals surface area (Å²) in [6.07, 6.45) is 4.79. The highest BCUT2D eigenvalue weighted by atomic mass is 35.5. The minimum Gasteiger partial charge on any atom is -0.389 e. The number of aliphatic hydroxyl groups is 1. The van der Waals surface area contributed by atoms with Crippen molar-refractivity contribution in [1.29, 1.82) is 0 Å². The molecule has 2 fully saturated rings. The molecule has 0 spiro atoms. The van der Waals surface area contributed by atoms with Crippen LogP contribution in [-0.4, -0.2) is 47.7 Å². The Balaban J connectivity index is 1.57. The van der Waals surface area contributed by atoms with Crippen molar-refractivity contribution in [2.45, 2.75) is 57.6 Å². The van der Waals surface area contributed by atoms with Gasteiger partial charge >= 0.3 is 0 Å². The molecule has 0 aromatic heterocycles. The predicted octanol–water partition coefficient (Wildman–Crippen LogP) is 5.49. The Morgan fingerprint density at radius 3 is 2.45 bits per heavy atom. The maximum absolute atomic E-state index is 12.9. The molecule has 1 aliphatic heterocycles. The maximum atomic E-state index is 12.9. The third-order valence-electron chi connectivity index (χ3n) is 7.51. The first-order valence-electron chi connectivity index (χ1n) is 12.3. The van der Waals surface area contributed by atoms with Gasteiger partial charge in [0, 0.05) is 48.0 Å². The summed E-state index contributed by atoms with van der Waals surface area (Å²) in [7, 11) is 0. The number of halogens is 1. The van der Waals surface area contributed by atoms with Crippen molar-refractivity contribution in [3.8, 4) is 0 Å². The predicted molar refractivity (Wildman–Crippen MR) is 136 cm³/mol. The fourth-order valence-electron chi connectivity index (χ4n) is 5.75. The van der Waals surface area contributed by atoms with E-state index in [9.17, 15) is 9.90 Å². The summed E-state index contributed by atoms with van der Waals surface area (Å²) in [5.41, 5.74) is 2.51. The number of likely N-dealkylation sites (tertiary alicyclic amines) is 1. The Kier molecular flexibility index (Phi) is 7.62. The SMILES string of the molecule is CCN(CC)c1ccc([C@H]2[C@H]3CCCC[C@@]3(O)CCN2CC(=O)Nc2ccc(Cl)cc2)cc1. The number of hydrogen-bond donors (Lipinski definition) is 2. The second-order valence-corrected chi connectivity index (χ2v) is 9.88. The topological polar surface area (TPSA) is 55.8 Å². The molecular weight excluding hydrogens is 434 g/mol. The van der Waals surface area contributed by atoms with Crippen molar-refractivity contribution >= 4 is 28.9 Å². The fourth-order valence-corrected chi connectivity index (χ4v) is 5.88. The molecule has 4 rings (SSSR count). The molecule has 2 N–H and O–H groups in total. The summed E-state index contributed by atoms with van der Waals surface area (Å²) in [6, 6.07) is 16.0. The van der Waals surface area contributed by atoms with E-state index in [0.717, 1.165) is 50.9 Å². The van der Waals surface area contributed by atoms with Crippen molar-refractivity contribution in [2.24, 2.45) is 5.92 Å². The lowest BCUT2D eigenvalue weighted by Gasteiger charge is -2.52. The third-order valence-corrected chi connectivity index (χ3v) is 7.76. The molecule has 2 aliphatic rings. The van der Waals surface area contributed by atoms with Gasteiger partial charge in [0.2, 0.25) is 5.91 Å². The van der Waals surface area contributed by atoms with E-state index in [1.54, 1.807) is 12.1 Å². The standard InChI is InChI=1S/C27H36ClN3O2/c1-3-30(4-2)23-14-8-20(9-15-23)26-24-7-5-6-16-27(24,33)17-18-31(26)19-25(32)29-22-12-10-21(28)11-13-22/h8-15,24,26,33H,3-7,16-19H2,1-2H3,(H,29,32)/t24-,26+,27-/m1/s1. The van der Waals surface area contributed by atoms with E-state index in [1.165, 1.54) is 11.3 Å². The van der Waals surface area contributed by atoms with E-state index < -0.39 is 5.60 Å². The highest BCUT2D eigenvalue weighted by Gasteiger charge is 2.49. The fraction of sp³-hybridized carbons (Fsp3) is 0.519. The zero-order chi connectivity index (χ0) is 23.4. The molecule has 3 atom stereocenters. The molecule has 0 radical (unpaired) electrons. The highest BCUT2D eigenvalue weighted by Crippen LogP contribution is 2.49. The normalized spacial score (nSPS) is 25.3. The summed E-state index contributed by atoms with van der Waals surface area (Å²) in [5.74, 6) is 0.103. The smallest absolute Gasteiger partial charge is 0.238 e. The average molecular weight is 470 g/mol. The van der Waals surface area contributed by atoms with E-state index in [0.29, 0.717) is 18.1 Å². The molecule has 0 unspecified atom stereocenters. The number of amides is 1. The first-order chi connectivity index (χ1) is 15.9. The van der Waals surface area contributed by atoms with Crippen LogP contribution < -0.4 is 10.2 Å². The van der Waals surface area contributed by atoms with Gasteiger partial charge in [-0.15, -0.1) is 0 Å². The molecule has 6 heteroatoms. The number of nitrogens with one attached hydrogen (secondary N) is 1. The molecule has 1 saturated carbocycles. The van der Waals surface area contributed by atoms with Crippen LogP contribution in [0, 0.1) is 5.92 Å². The molecule has 5 nitrogen and oxygen atoms in total. The number of nitrogens with zero attached hydrogens (tertiary/aromatic N) is 2. The number of piperidine rings is 1. The van der Waals surface area contributed by atoms with Gasteiger partial charge < -0.3 is 15.3 Å². The minimum absolute atomic E-state index is 0.0331. The van der Waals surface area contributed by atoms with Gasteiger partial charge in [-0.25, -0.2) is 0 Å². The largest absolute Gasteiger partial charge is 0.389 e. The van der Waals surface area contributed by atoms with Crippen LogP contribution in [0.25, 0.3) is 0 Å². The van der Waals surface area contributed by atoms with Gasteiger partial charge in [0.05, 0.1) is 12.1 Å². The zero-order valence-corrected chi connectivity index (χ0v) is 20.5. The van der Waals surface area contributed by atoms with Gasteiger partial charge in [0.25, 0.3) is 0 Å². The Hall–Kier alpha value is -2.08. The Bertz CT molecular complexity index is 929. The Morgan fingerprint density at radius 1 is 1.09 bits per heavy atom. The number of carbonyl (C=O) groups excluding carboxylic acids is 1. The summed E-state index contributed by atoms with van der Waals surface area (Å²) in [5, 5.41) is 15.2. The van der Waals surface area contributed by atoms with Gasteiger partial charge in [-0.3, -0.25) is 9.69 Å². The monoisotopic (exact) mass is 469 g/mol. The van der Waals surface area contributed by atoms with Crippen molar-refractivity contribution < 1.29 is 9.90 Å². The number of hydrogen-bond acceptors (Lipinski definition) is 4. The molecule has 1 amide bonds. The van der Waals surface area contributed by atoms with Crippen molar-refractivity contribution in [3.63, 3.8) is 0 Å². The van der Waals surface area contributed by atoms with Crippen LogP contribution in [0.3, 0.4) is 0 Å².